The van der Waals surface area contributed by atoms with Crippen LogP contribution >= 0.6 is 0 Å². The third-order valence-electron chi connectivity index (χ3n) is 2.91. The number of aryl methyl sites for hydroxylation is 1. The number of carbonyl (C=O) groups is 1. The minimum absolute atomic E-state index is 0.195. The second kappa shape index (κ2) is 5.13. The molecule has 0 saturated carbocycles. The first kappa shape index (κ1) is 12.3. The van der Waals surface area contributed by atoms with Gasteiger partial charge in [0.1, 0.15) is 11.2 Å². The van der Waals surface area contributed by atoms with E-state index >= 15 is 0 Å². The summed E-state index contributed by atoms with van der Waals surface area (Å²) < 4.78 is 5.46. The van der Waals surface area contributed by atoms with Crippen molar-refractivity contribution in [2.24, 2.45) is 0 Å². The summed E-state index contributed by atoms with van der Waals surface area (Å²) in [5.41, 5.74) is 2.91. The van der Waals surface area contributed by atoms with Crippen molar-refractivity contribution in [3.05, 3.63) is 59.7 Å². The molecule has 100 valence electrons. The van der Waals surface area contributed by atoms with E-state index in [2.05, 4.69) is 15.3 Å². The second-order valence-corrected chi connectivity index (χ2v) is 4.43. The fraction of sp³-hybridized carbons (Fsp3) is 0.133. The Kier molecular flexibility index (Phi) is 3.16. The van der Waals surface area contributed by atoms with Gasteiger partial charge < -0.3 is 9.73 Å². The lowest BCUT2D eigenvalue weighted by Crippen LogP contribution is -2.23. The van der Waals surface area contributed by atoms with Crippen LogP contribution in [0, 0.1) is 6.92 Å². The van der Waals surface area contributed by atoms with Crippen LogP contribution in [0.2, 0.25) is 0 Å². The summed E-state index contributed by atoms with van der Waals surface area (Å²) in [6.07, 6.45) is 1.60. The van der Waals surface area contributed by atoms with Gasteiger partial charge in [-0.05, 0) is 29.8 Å². The van der Waals surface area contributed by atoms with Crippen molar-refractivity contribution in [1.82, 2.24) is 15.3 Å². The van der Waals surface area contributed by atoms with Gasteiger partial charge in [0.25, 0.3) is 5.91 Å². The van der Waals surface area contributed by atoms with Crippen LogP contribution in [-0.4, -0.2) is 15.9 Å². The first-order valence-electron chi connectivity index (χ1n) is 6.28. The fourth-order valence-corrected chi connectivity index (χ4v) is 1.96. The molecule has 20 heavy (non-hydrogen) atoms. The lowest BCUT2D eigenvalue weighted by atomic mass is 10.2. The van der Waals surface area contributed by atoms with Gasteiger partial charge in [0.2, 0.25) is 0 Å². The summed E-state index contributed by atoms with van der Waals surface area (Å²) in [4.78, 5) is 20.1. The molecule has 0 aliphatic carbocycles. The number of hydrogen-bond donors (Lipinski definition) is 1. The number of oxazole rings is 1. The number of carbonyl (C=O) groups excluding carboxylic acids is 1. The summed E-state index contributed by atoms with van der Waals surface area (Å²) in [5, 5.41) is 2.82. The molecule has 0 saturated heterocycles. The van der Waals surface area contributed by atoms with Gasteiger partial charge in [0, 0.05) is 19.7 Å². The summed E-state index contributed by atoms with van der Waals surface area (Å²) in [5.74, 6) is 0.439. The molecule has 2 aromatic heterocycles. The van der Waals surface area contributed by atoms with Crippen molar-refractivity contribution >= 4 is 17.0 Å². The molecule has 0 aliphatic heterocycles. The summed E-state index contributed by atoms with van der Waals surface area (Å²) in [6, 6.07) is 10.9. The maximum atomic E-state index is 11.9. The van der Waals surface area contributed by atoms with Crippen molar-refractivity contribution in [3.8, 4) is 0 Å². The van der Waals surface area contributed by atoms with E-state index in [0.29, 0.717) is 18.1 Å². The van der Waals surface area contributed by atoms with Crippen LogP contribution in [0.3, 0.4) is 0 Å². The smallest absolute Gasteiger partial charge is 0.270 e. The minimum atomic E-state index is -0.195. The SMILES string of the molecule is Cc1nc2ccc(CNC(=O)c3ccccn3)cc2o1. The van der Waals surface area contributed by atoms with E-state index in [1.807, 2.05) is 25.1 Å². The van der Waals surface area contributed by atoms with Crippen LogP contribution < -0.4 is 5.32 Å². The Bertz CT molecular complexity index is 750. The highest BCUT2D eigenvalue weighted by molar-refractivity contribution is 5.92. The highest BCUT2D eigenvalue weighted by atomic mass is 16.3. The molecule has 0 aliphatic rings. The maximum Gasteiger partial charge on any atom is 0.270 e. The molecule has 1 aromatic carbocycles. The molecule has 3 rings (SSSR count). The summed E-state index contributed by atoms with van der Waals surface area (Å²) in [6.45, 7) is 2.23. The number of benzene rings is 1. The number of nitrogens with one attached hydrogen (secondary N) is 1. The molecular weight excluding hydrogens is 254 g/mol. The van der Waals surface area contributed by atoms with Crippen molar-refractivity contribution in [2.75, 3.05) is 0 Å². The number of rotatable bonds is 3. The van der Waals surface area contributed by atoms with E-state index in [0.717, 1.165) is 16.7 Å². The van der Waals surface area contributed by atoms with Crippen molar-refractivity contribution in [2.45, 2.75) is 13.5 Å². The van der Waals surface area contributed by atoms with Gasteiger partial charge in [-0.3, -0.25) is 9.78 Å². The number of aromatic nitrogens is 2. The largest absolute Gasteiger partial charge is 0.441 e. The zero-order valence-electron chi connectivity index (χ0n) is 11.0. The molecule has 0 fully saturated rings. The van der Waals surface area contributed by atoms with Crippen LogP contribution in [0.5, 0.6) is 0 Å². The lowest BCUT2D eigenvalue weighted by molar-refractivity contribution is 0.0946. The Balaban J connectivity index is 1.72. The predicted octanol–water partition coefficient (Wildman–Crippen LogP) is 2.46. The fourth-order valence-electron chi connectivity index (χ4n) is 1.96. The molecule has 3 aromatic rings. The molecule has 0 unspecified atom stereocenters. The monoisotopic (exact) mass is 267 g/mol. The van der Waals surface area contributed by atoms with E-state index in [1.165, 1.54) is 0 Å². The number of hydrogen-bond acceptors (Lipinski definition) is 4. The molecule has 2 heterocycles. The zero-order valence-corrected chi connectivity index (χ0v) is 11.0. The van der Waals surface area contributed by atoms with Gasteiger partial charge in [0.05, 0.1) is 0 Å². The summed E-state index contributed by atoms with van der Waals surface area (Å²) in [7, 11) is 0. The molecule has 0 atom stereocenters. The third kappa shape index (κ3) is 2.51. The molecule has 0 spiro atoms. The Morgan fingerprint density at radius 2 is 2.20 bits per heavy atom. The van der Waals surface area contributed by atoms with Crippen LogP contribution in [0.15, 0.2) is 47.0 Å². The molecule has 0 radical (unpaired) electrons. The standard InChI is InChI=1S/C15H13N3O2/c1-10-18-12-6-5-11(8-14(12)20-10)9-17-15(19)13-4-2-3-7-16-13/h2-8H,9H2,1H3,(H,17,19). The molecular formula is C15H13N3O2. The predicted molar refractivity (Wildman–Crippen MR) is 74.2 cm³/mol. The minimum Gasteiger partial charge on any atom is -0.441 e. The van der Waals surface area contributed by atoms with Gasteiger partial charge in [-0.2, -0.15) is 0 Å². The van der Waals surface area contributed by atoms with Crippen LogP contribution in [-0.2, 0) is 6.54 Å². The number of pyridine rings is 1. The van der Waals surface area contributed by atoms with Gasteiger partial charge in [-0.15, -0.1) is 0 Å². The Labute approximate surface area is 115 Å². The molecule has 0 bridgehead atoms. The van der Waals surface area contributed by atoms with Gasteiger partial charge >= 0.3 is 0 Å². The zero-order chi connectivity index (χ0) is 13.9. The molecule has 1 amide bonds. The van der Waals surface area contributed by atoms with Gasteiger partial charge in [-0.25, -0.2) is 4.98 Å². The Hall–Kier alpha value is -2.69. The highest BCUT2D eigenvalue weighted by Crippen LogP contribution is 2.16. The molecule has 5 nitrogen and oxygen atoms in total. The molecule has 1 N–H and O–H groups in total. The van der Waals surface area contributed by atoms with Crippen LogP contribution in [0.4, 0.5) is 0 Å². The first-order valence-corrected chi connectivity index (χ1v) is 6.28. The second-order valence-electron chi connectivity index (χ2n) is 4.43. The van der Waals surface area contributed by atoms with E-state index in [-0.39, 0.29) is 5.91 Å². The molecule has 5 heteroatoms. The number of amides is 1. The number of nitrogens with zero attached hydrogens (tertiary/aromatic N) is 2. The van der Waals surface area contributed by atoms with Crippen molar-refractivity contribution in [1.29, 1.82) is 0 Å². The quantitative estimate of drug-likeness (QED) is 0.791. The lowest BCUT2D eigenvalue weighted by Gasteiger charge is -2.04. The topological polar surface area (TPSA) is 68.0 Å². The Morgan fingerprint density at radius 3 is 3.00 bits per heavy atom. The van der Waals surface area contributed by atoms with E-state index in [1.54, 1.807) is 24.4 Å². The third-order valence-corrected chi connectivity index (χ3v) is 2.91. The average Bonchev–Trinajstić information content (AvgIpc) is 2.85. The van der Waals surface area contributed by atoms with E-state index in [9.17, 15) is 4.79 Å². The van der Waals surface area contributed by atoms with Gasteiger partial charge in [-0.1, -0.05) is 12.1 Å². The highest BCUT2D eigenvalue weighted by Gasteiger charge is 2.07. The average molecular weight is 267 g/mol. The normalized spacial score (nSPS) is 10.7. The Morgan fingerprint density at radius 1 is 1.30 bits per heavy atom. The van der Waals surface area contributed by atoms with Crippen molar-refractivity contribution in [3.63, 3.8) is 0 Å². The van der Waals surface area contributed by atoms with Crippen LogP contribution in [0.1, 0.15) is 21.9 Å². The maximum absolute atomic E-state index is 11.9. The van der Waals surface area contributed by atoms with Crippen LogP contribution in [0.25, 0.3) is 11.1 Å². The number of fused-ring (bicyclic) bond motifs is 1. The first-order chi connectivity index (χ1) is 9.72. The summed E-state index contributed by atoms with van der Waals surface area (Å²) >= 11 is 0. The van der Waals surface area contributed by atoms with Crippen molar-refractivity contribution < 1.29 is 9.21 Å². The van der Waals surface area contributed by atoms with Gasteiger partial charge in [0.15, 0.2) is 11.5 Å². The van der Waals surface area contributed by atoms with E-state index < -0.39 is 0 Å². The van der Waals surface area contributed by atoms with E-state index in [4.69, 9.17) is 4.42 Å².